The van der Waals surface area contributed by atoms with Crippen LogP contribution in [0.4, 0.5) is 0 Å². The Morgan fingerprint density at radius 3 is 2.84 bits per heavy atom. The molecule has 1 fully saturated rings. The number of aryl methyl sites for hydroxylation is 2. The second kappa shape index (κ2) is 6.16. The Morgan fingerprint density at radius 2 is 2.20 bits per heavy atom. The van der Waals surface area contributed by atoms with Crippen molar-refractivity contribution in [2.45, 2.75) is 25.8 Å². The van der Waals surface area contributed by atoms with Gasteiger partial charge in [-0.3, -0.25) is 4.79 Å². The molecule has 128 valence electrons. The lowest BCUT2D eigenvalue weighted by Crippen LogP contribution is -2.32. The van der Waals surface area contributed by atoms with Crippen molar-refractivity contribution in [2.75, 3.05) is 6.54 Å². The van der Waals surface area contributed by atoms with Gasteiger partial charge >= 0.3 is 0 Å². The van der Waals surface area contributed by atoms with Gasteiger partial charge in [0.15, 0.2) is 5.82 Å². The maximum absolute atomic E-state index is 13.0. The van der Waals surface area contributed by atoms with E-state index < -0.39 is 0 Å². The summed E-state index contributed by atoms with van der Waals surface area (Å²) < 4.78 is 3.69. The number of carbonyl (C=O) groups excluding carboxylic acids is 1. The van der Waals surface area contributed by atoms with Gasteiger partial charge in [-0.05, 0) is 38.0 Å². The van der Waals surface area contributed by atoms with Crippen molar-refractivity contribution in [3.05, 3.63) is 60.1 Å². The van der Waals surface area contributed by atoms with Gasteiger partial charge in [-0.1, -0.05) is 0 Å². The highest BCUT2D eigenvalue weighted by Crippen LogP contribution is 2.32. The lowest BCUT2D eigenvalue weighted by molar-refractivity contribution is 0.0727. The SMILES string of the molecule is Cc1cn(C)c(C2CCCN2C(=O)c2ccc(-n3cccn3)nc2)n1. The highest BCUT2D eigenvalue weighted by molar-refractivity contribution is 5.94. The van der Waals surface area contributed by atoms with Crippen LogP contribution in [0.2, 0.25) is 0 Å². The standard InChI is InChI=1S/C18H20N6O/c1-13-12-22(2)17(21-13)15-5-3-9-23(15)18(25)14-6-7-16(19-11-14)24-10-4-8-20-24/h4,6-8,10-12,15H,3,5,9H2,1-2H3. The fourth-order valence-corrected chi connectivity index (χ4v) is 3.44. The first-order chi connectivity index (χ1) is 12.1. The number of carbonyl (C=O) groups is 1. The molecule has 0 aliphatic carbocycles. The van der Waals surface area contributed by atoms with E-state index in [2.05, 4.69) is 15.1 Å². The average molecular weight is 336 g/mol. The molecule has 25 heavy (non-hydrogen) atoms. The fraction of sp³-hybridized carbons (Fsp3) is 0.333. The van der Waals surface area contributed by atoms with Crippen LogP contribution in [0.15, 0.2) is 43.0 Å². The molecule has 7 heteroatoms. The monoisotopic (exact) mass is 336 g/mol. The topological polar surface area (TPSA) is 68.8 Å². The number of pyridine rings is 1. The molecule has 0 aromatic carbocycles. The zero-order chi connectivity index (χ0) is 17.4. The molecule has 3 aromatic rings. The van der Waals surface area contributed by atoms with Gasteiger partial charge in [-0.15, -0.1) is 0 Å². The van der Waals surface area contributed by atoms with Gasteiger partial charge in [0.25, 0.3) is 5.91 Å². The van der Waals surface area contributed by atoms with Gasteiger partial charge in [0.1, 0.15) is 5.82 Å². The summed E-state index contributed by atoms with van der Waals surface area (Å²) in [6, 6.07) is 5.49. The number of aromatic nitrogens is 5. The fourth-order valence-electron chi connectivity index (χ4n) is 3.44. The first-order valence-corrected chi connectivity index (χ1v) is 8.40. The molecule has 0 radical (unpaired) electrons. The minimum atomic E-state index is 0.00247. The molecule has 1 aliphatic rings. The molecule has 1 amide bonds. The molecular weight excluding hydrogens is 316 g/mol. The summed E-state index contributed by atoms with van der Waals surface area (Å²) in [5, 5.41) is 4.15. The molecule has 1 saturated heterocycles. The van der Waals surface area contributed by atoms with E-state index in [1.807, 2.05) is 54.0 Å². The van der Waals surface area contributed by atoms with E-state index in [0.29, 0.717) is 11.4 Å². The van der Waals surface area contributed by atoms with Gasteiger partial charge < -0.3 is 9.47 Å². The number of hydrogen-bond acceptors (Lipinski definition) is 4. The van der Waals surface area contributed by atoms with Gasteiger partial charge in [-0.2, -0.15) is 5.10 Å². The van der Waals surface area contributed by atoms with Crippen molar-refractivity contribution in [3.63, 3.8) is 0 Å². The predicted molar refractivity (Wildman–Crippen MR) is 92.3 cm³/mol. The number of rotatable bonds is 3. The lowest BCUT2D eigenvalue weighted by Gasteiger charge is -2.24. The third-order valence-corrected chi connectivity index (χ3v) is 4.58. The van der Waals surface area contributed by atoms with E-state index >= 15 is 0 Å². The number of likely N-dealkylation sites (tertiary alicyclic amines) is 1. The van der Waals surface area contributed by atoms with Crippen molar-refractivity contribution < 1.29 is 4.79 Å². The maximum Gasteiger partial charge on any atom is 0.256 e. The van der Waals surface area contributed by atoms with E-state index in [9.17, 15) is 4.79 Å². The smallest absolute Gasteiger partial charge is 0.256 e. The molecule has 0 N–H and O–H groups in total. The van der Waals surface area contributed by atoms with Crippen molar-refractivity contribution in [1.82, 2.24) is 29.2 Å². The van der Waals surface area contributed by atoms with Crippen LogP contribution < -0.4 is 0 Å². The van der Waals surface area contributed by atoms with Gasteiger partial charge in [0, 0.05) is 38.4 Å². The molecule has 0 spiro atoms. The number of imidazole rings is 1. The molecule has 4 heterocycles. The Morgan fingerprint density at radius 1 is 1.32 bits per heavy atom. The zero-order valence-corrected chi connectivity index (χ0v) is 14.3. The second-order valence-corrected chi connectivity index (χ2v) is 6.36. The minimum absolute atomic E-state index is 0.00247. The van der Waals surface area contributed by atoms with E-state index in [-0.39, 0.29) is 11.9 Å². The Bertz CT molecular complexity index is 881. The highest BCUT2D eigenvalue weighted by atomic mass is 16.2. The highest BCUT2D eigenvalue weighted by Gasteiger charge is 2.33. The lowest BCUT2D eigenvalue weighted by atomic mass is 10.2. The summed E-state index contributed by atoms with van der Waals surface area (Å²) in [6.45, 7) is 2.72. The van der Waals surface area contributed by atoms with Crippen LogP contribution in [0.3, 0.4) is 0 Å². The first-order valence-electron chi connectivity index (χ1n) is 8.40. The molecule has 3 aromatic heterocycles. The molecule has 1 atom stereocenters. The summed E-state index contributed by atoms with van der Waals surface area (Å²) in [5.41, 5.74) is 1.57. The van der Waals surface area contributed by atoms with Crippen LogP contribution in [0.25, 0.3) is 5.82 Å². The third-order valence-electron chi connectivity index (χ3n) is 4.58. The van der Waals surface area contributed by atoms with E-state index in [0.717, 1.165) is 30.9 Å². The summed E-state index contributed by atoms with van der Waals surface area (Å²) in [7, 11) is 1.98. The van der Waals surface area contributed by atoms with Crippen LogP contribution >= 0.6 is 0 Å². The Balaban J connectivity index is 1.58. The number of hydrogen-bond donors (Lipinski definition) is 0. The second-order valence-electron chi connectivity index (χ2n) is 6.36. The summed E-state index contributed by atoms with van der Waals surface area (Å²) in [5.74, 6) is 1.64. The van der Waals surface area contributed by atoms with Gasteiger partial charge in [0.2, 0.25) is 0 Å². The Kier molecular flexibility index (Phi) is 3.83. The quantitative estimate of drug-likeness (QED) is 0.736. The molecule has 0 bridgehead atoms. The molecular formula is C18H20N6O. The van der Waals surface area contributed by atoms with Crippen LogP contribution in [0, 0.1) is 6.92 Å². The molecule has 1 unspecified atom stereocenters. The molecule has 0 saturated carbocycles. The average Bonchev–Trinajstić information content (AvgIpc) is 3.35. The number of amides is 1. The van der Waals surface area contributed by atoms with Gasteiger partial charge in [-0.25, -0.2) is 14.6 Å². The largest absolute Gasteiger partial charge is 0.336 e. The normalized spacial score (nSPS) is 17.2. The van der Waals surface area contributed by atoms with Gasteiger partial charge in [0.05, 0.1) is 17.3 Å². The van der Waals surface area contributed by atoms with Crippen molar-refractivity contribution in [1.29, 1.82) is 0 Å². The third kappa shape index (κ3) is 2.82. The van der Waals surface area contributed by atoms with Crippen LogP contribution in [0.5, 0.6) is 0 Å². The summed E-state index contributed by atoms with van der Waals surface area (Å²) in [4.78, 5) is 23.9. The first kappa shape index (κ1) is 15.6. The van der Waals surface area contributed by atoms with E-state index in [4.69, 9.17) is 0 Å². The van der Waals surface area contributed by atoms with Crippen LogP contribution in [-0.4, -0.2) is 41.7 Å². The minimum Gasteiger partial charge on any atom is -0.336 e. The predicted octanol–water partition coefficient (Wildman–Crippen LogP) is 2.29. The Labute approximate surface area is 145 Å². The van der Waals surface area contributed by atoms with Crippen molar-refractivity contribution in [3.8, 4) is 5.82 Å². The van der Waals surface area contributed by atoms with Crippen molar-refractivity contribution in [2.24, 2.45) is 7.05 Å². The van der Waals surface area contributed by atoms with Crippen molar-refractivity contribution >= 4 is 5.91 Å². The van der Waals surface area contributed by atoms with Crippen LogP contribution in [0.1, 0.15) is 40.8 Å². The Hall–Kier alpha value is -2.96. The number of nitrogens with zero attached hydrogens (tertiary/aromatic N) is 6. The molecule has 4 rings (SSSR count). The summed E-state index contributed by atoms with van der Waals surface area (Å²) in [6.07, 6.45) is 9.07. The van der Waals surface area contributed by atoms with E-state index in [1.165, 1.54) is 0 Å². The van der Waals surface area contributed by atoms with Crippen LogP contribution in [-0.2, 0) is 7.05 Å². The molecule has 1 aliphatic heterocycles. The molecule has 7 nitrogen and oxygen atoms in total. The summed E-state index contributed by atoms with van der Waals surface area (Å²) >= 11 is 0. The van der Waals surface area contributed by atoms with E-state index in [1.54, 1.807) is 17.1 Å². The zero-order valence-electron chi connectivity index (χ0n) is 14.3. The maximum atomic E-state index is 13.0.